The number of anilines is 2. The molecule has 2 amide bonds. The largest absolute Gasteiger partial charge is 0.326 e. The highest BCUT2D eigenvalue weighted by molar-refractivity contribution is 6.30. The van der Waals surface area contributed by atoms with Crippen LogP contribution in [0.4, 0.5) is 11.4 Å². The summed E-state index contributed by atoms with van der Waals surface area (Å²) in [6, 6.07) is 16.5. The van der Waals surface area contributed by atoms with E-state index in [0.29, 0.717) is 23.7 Å². The van der Waals surface area contributed by atoms with Crippen LogP contribution in [0.3, 0.4) is 0 Å². The first-order valence-corrected chi connectivity index (χ1v) is 8.40. The molecule has 0 aliphatic heterocycles. The second kappa shape index (κ2) is 7.05. The highest BCUT2D eigenvalue weighted by Crippen LogP contribution is 2.41. The maximum Gasteiger partial charge on any atom is 0.230 e. The number of carbonyl (C=O) groups excluding carboxylic acids is 2. The number of hydrogen-bond donors (Lipinski definition) is 1. The van der Waals surface area contributed by atoms with Crippen LogP contribution in [0.5, 0.6) is 0 Å². The summed E-state index contributed by atoms with van der Waals surface area (Å²) in [7, 11) is 0. The minimum absolute atomic E-state index is 0.00921. The molecule has 2 atom stereocenters. The quantitative estimate of drug-likeness (QED) is 0.893. The number of para-hydroxylation sites is 1. The van der Waals surface area contributed by atoms with Gasteiger partial charge in [0.15, 0.2) is 0 Å². The van der Waals surface area contributed by atoms with Crippen LogP contribution in [0.1, 0.15) is 13.3 Å². The van der Waals surface area contributed by atoms with Gasteiger partial charge in [0.1, 0.15) is 0 Å². The predicted octanol–water partition coefficient (Wildman–Crippen LogP) is 3.97. The van der Waals surface area contributed by atoms with Gasteiger partial charge in [0.2, 0.25) is 11.8 Å². The number of carbonyl (C=O) groups is 2. The minimum atomic E-state index is -0.269. The van der Waals surface area contributed by atoms with Crippen molar-refractivity contribution in [3.63, 3.8) is 0 Å². The first-order valence-electron chi connectivity index (χ1n) is 8.03. The molecule has 0 aromatic heterocycles. The Bertz CT molecular complexity index is 748. The summed E-state index contributed by atoms with van der Waals surface area (Å²) in [4.78, 5) is 26.7. The zero-order valence-electron chi connectivity index (χ0n) is 13.4. The first kappa shape index (κ1) is 16.5. The van der Waals surface area contributed by atoms with Crippen LogP contribution in [0, 0.1) is 11.8 Å². The molecule has 1 aliphatic carbocycles. The highest BCUT2D eigenvalue weighted by atomic mass is 35.5. The predicted molar refractivity (Wildman–Crippen MR) is 96.1 cm³/mol. The summed E-state index contributed by atoms with van der Waals surface area (Å²) in [6.45, 7) is 2.52. The number of rotatable bonds is 5. The third kappa shape index (κ3) is 3.60. The van der Waals surface area contributed by atoms with E-state index in [2.05, 4.69) is 5.32 Å². The van der Waals surface area contributed by atoms with Crippen molar-refractivity contribution in [2.75, 3.05) is 16.8 Å². The molecule has 2 aromatic rings. The molecule has 0 bridgehead atoms. The van der Waals surface area contributed by atoms with Crippen LogP contribution < -0.4 is 10.2 Å². The fourth-order valence-corrected chi connectivity index (χ4v) is 3.02. The van der Waals surface area contributed by atoms with Crippen LogP contribution in [-0.4, -0.2) is 18.4 Å². The molecular weight excluding hydrogens is 324 g/mol. The number of nitrogens with zero attached hydrogens (tertiary/aromatic N) is 1. The van der Waals surface area contributed by atoms with E-state index in [9.17, 15) is 9.59 Å². The Morgan fingerprint density at radius 3 is 2.54 bits per heavy atom. The van der Waals surface area contributed by atoms with Crippen molar-refractivity contribution in [1.82, 2.24) is 0 Å². The summed E-state index contributed by atoms with van der Waals surface area (Å²) in [6.07, 6.45) is 0.592. The molecule has 1 N–H and O–H groups in total. The lowest BCUT2D eigenvalue weighted by Gasteiger charge is -2.21. The third-order valence-corrected chi connectivity index (χ3v) is 4.42. The second-order valence-electron chi connectivity index (χ2n) is 5.87. The van der Waals surface area contributed by atoms with E-state index in [-0.39, 0.29) is 23.7 Å². The lowest BCUT2D eigenvalue weighted by molar-refractivity contribution is -0.123. The molecular formula is C19H19ClN2O2. The lowest BCUT2D eigenvalue weighted by atomic mass is 10.2. The average molecular weight is 343 g/mol. The van der Waals surface area contributed by atoms with Crippen molar-refractivity contribution in [2.24, 2.45) is 11.8 Å². The van der Waals surface area contributed by atoms with Gasteiger partial charge in [-0.15, -0.1) is 0 Å². The van der Waals surface area contributed by atoms with E-state index in [4.69, 9.17) is 11.6 Å². The monoisotopic (exact) mass is 342 g/mol. The van der Waals surface area contributed by atoms with Gasteiger partial charge in [-0.2, -0.15) is 0 Å². The third-order valence-electron chi connectivity index (χ3n) is 4.19. The number of hydrogen-bond acceptors (Lipinski definition) is 2. The molecule has 1 saturated carbocycles. The molecule has 5 heteroatoms. The highest BCUT2D eigenvalue weighted by Gasteiger charge is 2.49. The smallest absolute Gasteiger partial charge is 0.230 e. The summed E-state index contributed by atoms with van der Waals surface area (Å²) >= 11 is 5.92. The SMILES string of the molecule is CCN(C(=O)C1CC1C(=O)Nc1cccc(Cl)c1)c1ccccc1. The molecule has 0 radical (unpaired) electrons. The number of halogens is 1. The van der Waals surface area contributed by atoms with Gasteiger partial charge in [-0.05, 0) is 43.7 Å². The normalized spacial score (nSPS) is 18.8. The Morgan fingerprint density at radius 2 is 1.88 bits per heavy atom. The zero-order valence-corrected chi connectivity index (χ0v) is 14.2. The van der Waals surface area contributed by atoms with Gasteiger partial charge in [0.25, 0.3) is 0 Å². The van der Waals surface area contributed by atoms with E-state index in [1.54, 1.807) is 29.2 Å². The van der Waals surface area contributed by atoms with Crippen molar-refractivity contribution >= 4 is 34.8 Å². The van der Waals surface area contributed by atoms with Gasteiger partial charge in [-0.25, -0.2) is 0 Å². The summed E-state index contributed by atoms with van der Waals surface area (Å²) in [5.74, 6) is -0.631. The Labute approximate surface area is 146 Å². The summed E-state index contributed by atoms with van der Waals surface area (Å²) < 4.78 is 0. The minimum Gasteiger partial charge on any atom is -0.326 e. The molecule has 0 spiro atoms. The topological polar surface area (TPSA) is 49.4 Å². The van der Waals surface area contributed by atoms with Gasteiger partial charge < -0.3 is 10.2 Å². The van der Waals surface area contributed by atoms with Crippen molar-refractivity contribution in [2.45, 2.75) is 13.3 Å². The second-order valence-corrected chi connectivity index (χ2v) is 6.30. The summed E-state index contributed by atoms with van der Waals surface area (Å²) in [5.41, 5.74) is 1.52. The van der Waals surface area contributed by atoms with E-state index in [1.165, 1.54) is 0 Å². The fourth-order valence-electron chi connectivity index (χ4n) is 2.83. The molecule has 24 heavy (non-hydrogen) atoms. The van der Waals surface area contributed by atoms with Crippen molar-refractivity contribution in [3.05, 3.63) is 59.6 Å². The van der Waals surface area contributed by atoms with Crippen LogP contribution in [-0.2, 0) is 9.59 Å². The molecule has 1 aliphatic rings. The maximum atomic E-state index is 12.7. The molecule has 0 heterocycles. The van der Waals surface area contributed by atoms with E-state index >= 15 is 0 Å². The van der Waals surface area contributed by atoms with Gasteiger partial charge in [0.05, 0.1) is 11.8 Å². The molecule has 3 rings (SSSR count). The molecule has 1 fully saturated rings. The van der Waals surface area contributed by atoms with Crippen LogP contribution in [0.15, 0.2) is 54.6 Å². The Kier molecular flexibility index (Phi) is 4.86. The maximum absolute atomic E-state index is 12.7. The fraction of sp³-hybridized carbons (Fsp3) is 0.263. The Balaban J connectivity index is 1.63. The van der Waals surface area contributed by atoms with Gasteiger partial charge in [-0.3, -0.25) is 9.59 Å². The van der Waals surface area contributed by atoms with Crippen LogP contribution >= 0.6 is 11.6 Å². The average Bonchev–Trinajstić information content (AvgIpc) is 3.37. The standard InChI is InChI=1S/C19H19ClN2O2/c1-2-22(15-9-4-3-5-10-15)19(24)17-12-16(17)18(23)21-14-8-6-7-13(20)11-14/h3-11,16-17H,2,12H2,1H3,(H,21,23). The van der Waals surface area contributed by atoms with Gasteiger partial charge in [-0.1, -0.05) is 35.9 Å². The Morgan fingerprint density at radius 1 is 1.12 bits per heavy atom. The first-order chi connectivity index (χ1) is 11.6. The van der Waals surface area contributed by atoms with Gasteiger partial charge in [0, 0.05) is 22.9 Å². The van der Waals surface area contributed by atoms with Crippen LogP contribution in [0.25, 0.3) is 0 Å². The number of nitrogens with one attached hydrogen (secondary N) is 1. The van der Waals surface area contributed by atoms with Crippen molar-refractivity contribution < 1.29 is 9.59 Å². The van der Waals surface area contributed by atoms with Gasteiger partial charge >= 0.3 is 0 Å². The van der Waals surface area contributed by atoms with E-state index < -0.39 is 0 Å². The molecule has 2 unspecified atom stereocenters. The van der Waals surface area contributed by atoms with E-state index in [0.717, 1.165) is 5.69 Å². The number of amides is 2. The Hall–Kier alpha value is -2.33. The number of benzene rings is 2. The summed E-state index contributed by atoms with van der Waals surface area (Å²) in [5, 5.41) is 3.40. The lowest BCUT2D eigenvalue weighted by Crippen LogP contribution is -2.33. The molecule has 0 saturated heterocycles. The molecule has 2 aromatic carbocycles. The van der Waals surface area contributed by atoms with E-state index in [1.807, 2.05) is 37.3 Å². The molecule has 124 valence electrons. The van der Waals surface area contributed by atoms with Crippen molar-refractivity contribution in [1.29, 1.82) is 0 Å². The zero-order chi connectivity index (χ0) is 17.1. The van der Waals surface area contributed by atoms with Crippen molar-refractivity contribution in [3.8, 4) is 0 Å². The van der Waals surface area contributed by atoms with Crippen LogP contribution in [0.2, 0.25) is 5.02 Å². The molecule has 4 nitrogen and oxygen atoms in total.